The molecule has 6 rings (SSSR count). The summed E-state index contributed by atoms with van der Waals surface area (Å²) in [7, 11) is 3.63. The molecule has 0 unspecified atom stereocenters. The molecule has 0 bridgehead atoms. The number of hydrogen-bond donors (Lipinski definition) is 4. The van der Waals surface area contributed by atoms with Gasteiger partial charge in [0.05, 0.1) is 17.4 Å². The number of nitrogens with one attached hydrogen (secondary N) is 1. The highest BCUT2D eigenvalue weighted by atomic mass is 16.6. The number of nitrogens with zero attached hydrogens (tertiary/aromatic N) is 6. The van der Waals surface area contributed by atoms with Crippen LogP contribution in [0.4, 0.5) is 11.6 Å². The van der Waals surface area contributed by atoms with Gasteiger partial charge in [-0.3, -0.25) is 4.68 Å². The lowest BCUT2D eigenvalue weighted by atomic mass is 10.0. The summed E-state index contributed by atoms with van der Waals surface area (Å²) in [5.74, 6) is 1.61. The molecule has 5 heterocycles. The third kappa shape index (κ3) is 4.00. The van der Waals surface area contributed by atoms with Gasteiger partial charge in [-0.2, -0.15) is 10.2 Å². The van der Waals surface area contributed by atoms with E-state index in [-0.39, 0.29) is 12.4 Å². The van der Waals surface area contributed by atoms with E-state index in [0.717, 1.165) is 27.8 Å². The Bertz CT molecular complexity index is 1600. The molecule has 0 radical (unpaired) electrons. The van der Waals surface area contributed by atoms with Crippen molar-refractivity contribution in [3.8, 4) is 16.9 Å². The van der Waals surface area contributed by atoms with Crippen molar-refractivity contribution >= 4 is 28.1 Å². The summed E-state index contributed by atoms with van der Waals surface area (Å²) in [4.78, 5) is 8.66. The number of benzene rings is 1. The average Bonchev–Trinajstić information content (AvgIpc) is 3.59. The smallest absolute Gasteiger partial charge is 0.151 e. The summed E-state index contributed by atoms with van der Waals surface area (Å²) >= 11 is 0. The van der Waals surface area contributed by atoms with Crippen LogP contribution in [0.15, 0.2) is 55.1 Å². The third-order valence-electron chi connectivity index (χ3n) is 6.61. The quantitative estimate of drug-likeness (QED) is 0.268. The zero-order chi connectivity index (χ0) is 25.7. The Morgan fingerprint density at radius 2 is 1.97 bits per heavy atom. The van der Waals surface area contributed by atoms with Gasteiger partial charge in [-0.25, -0.2) is 14.5 Å². The van der Waals surface area contributed by atoms with Crippen LogP contribution in [0.2, 0.25) is 0 Å². The molecule has 1 fully saturated rings. The third-order valence-corrected chi connectivity index (χ3v) is 6.61. The zero-order valence-corrected chi connectivity index (χ0v) is 20.2. The van der Waals surface area contributed by atoms with E-state index in [4.69, 9.17) is 15.2 Å². The first-order chi connectivity index (χ1) is 17.9. The van der Waals surface area contributed by atoms with Gasteiger partial charge in [-0.1, -0.05) is 0 Å². The van der Waals surface area contributed by atoms with Crippen LogP contribution in [-0.4, -0.2) is 71.5 Å². The minimum Gasteiger partial charge on any atom is -0.491 e. The molecule has 12 heteroatoms. The second-order valence-electron chi connectivity index (χ2n) is 8.98. The fourth-order valence-corrected chi connectivity index (χ4v) is 4.71. The van der Waals surface area contributed by atoms with Crippen LogP contribution >= 0.6 is 0 Å². The van der Waals surface area contributed by atoms with Crippen molar-refractivity contribution in [1.82, 2.24) is 29.4 Å². The number of ether oxygens (including phenoxy) is 2. The highest BCUT2D eigenvalue weighted by Crippen LogP contribution is 2.39. The van der Waals surface area contributed by atoms with E-state index in [1.165, 1.54) is 6.33 Å². The minimum atomic E-state index is -1.21. The molecule has 190 valence electrons. The predicted molar refractivity (Wildman–Crippen MR) is 136 cm³/mol. The van der Waals surface area contributed by atoms with Gasteiger partial charge in [0.1, 0.15) is 54.4 Å². The summed E-state index contributed by atoms with van der Waals surface area (Å²) in [5, 5.41) is 34.3. The maximum Gasteiger partial charge on any atom is 0.151 e. The van der Waals surface area contributed by atoms with E-state index in [2.05, 4.69) is 25.5 Å². The van der Waals surface area contributed by atoms with Gasteiger partial charge in [-0.05, 0) is 30.3 Å². The molecule has 0 aliphatic carbocycles. The number of fused-ring (bicyclic) bond motifs is 2. The average molecular weight is 503 g/mol. The first kappa shape index (κ1) is 23.2. The van der Waals surface area contributed by atoms with Gasteiger partial charge >= 0.3 is 0 Å². The number of hydrogen-bond acceptors (Lipinski definition) is 10. The van der Waals surface area contributed by atoms with E-state index in [1.54, 1.807) is 15.4 Å². The SMILES string of the molecule is CNc1ccc2ccc(OC[C@H]3O[C@@H](c4cc(-c5cnn(C)c5)c5c(N)ncnn45)[C@H](O)[C@@H]3O)cc2n1. The summed E-state index contributed by atoms with van der Waals surface area (Å²) in [6, 6.07) is 11.3. The zero-order valence-electron chi connectivity index (χ0n) is 20.2. The van der Waals surface area contributed by atoms with Crippen LogP contribution < -0.4 is 15.8 Å². The lowest BCUT2D eigenvalue weighted by molar-refractivity contribution is -0.0187. The van der Waals surface area contributed by atoms with Crippen molar-refractivity contribution in [2.45, 2.75) is 24.4 Å². The Labute approximate surface area is 211 Å². The van der Waals surface area contributed by atoms with Crippen LogP contribution in [0, 0.1) is 0 Å². The van der Waals surface area contributed by atoms with Crippen molar-refractivity contribution < 1.29 is 19.7 Å². The molecule has 1 saturated heterocycles. The van der Waals surface area contributed by atoms with Crippen molar-refractivity contribution in [2.24, 2.45) is 7.05 Å². The number of pyridine rings is 1. The van der Waals surface area contributed by atoms with Crippen LogP contribution in [0.25, 0.3) is 27.5 Å². The van der Waals surface area contributed by atoms with E-state index < -0.39 is 24.4 Å². The fourth-order valence-electron chi connectivity index (χ4n) is 4.71. The Morgan fingerprint density at radius 3 is 2.76 bits per heavy atom. The van der Waals surface area contributed by atoms with Crippen LogP contribution in [0.5, 0.6) is 5.75 Å². The van der Waals surface area contributed by atoms with Gasteiger partial charge in [0, 0.05) is 42.9 Å². The lowest BCUT2D eigenvalue weighted by Crippen LogP contribution is -2.34. The number of aromatic nitrogens is 6. The Kier molecular flexibility index (Phi) is 5.63. The van der Waals surface area contributed by atoms with E-state index in [0.29, 0.717) is 17.0 Å². The Morgan fingerprint density at radius 1 is 1.14 bits per heavy atom. The Hall–Kier alpha value is -4.26. The summed E-state index contributed by atoms with van der Waals surface area (Å²) in [6.07, 6.45) is 0.866. The second-order valence-corrected chi connectivity index (χ2v) is 8.98. The number of aryl methyl sites for hydroxylation is 1. The molecule has 1 aliphatic heterocycles. The van der Waals surface area contributed by atoms with Gasteiger partial charge in [-0.15, -0.1) is 0 Å². The van der Waals surface area contributed by atoms with Crippen LogP contribution in [0.1, 0.15) is 11.8 Å². The normalized spacial score (nSPS) is 21.6. The van der Waals surface area contributed by atoms with Gasteiger partial charge in [0.25, 0.3) is 0 Å². The number of aliphatic hydroxyl groups is 2. The second kappa shape index (κ2) is 9.00. The van der Waals surface area contributed by atoms with E-state index in [1.807, 2.05) is 56.7 Å². The highest BCUT2D eigenvalue weighted by Gasteiger charge is 2.45. The van der Waals surface area contributed by atoms with Gasteiger partial charge in [0.2, 0.25) is 0 Å². The molecule has 0 amide bonds. The fraction of sp³-hybridized carbons (Fsp3) is 0.280. The van der Waals surface area contributed by atoms with E-state index >= 15 is 0 Å². The lowest BCUT2D eigenvalue weighted by Gasteiger charge is -2.16. The maximum absolute atomic E-state index is 10.9. The van der Waals surface area contributed by atoms with Crippen molar-refractivity contribution in [1.29, 1.82) is 0 Å². The molecule has 1 aromatic carbocycles. The molecule has 5 N–H and O–H groups in total. The molecule has 0 spiro atoms. The van der Waals surface area contributed by atoms with Crippen LogP contribution in [-0.2, 0) is 11.8 Å². The number of nitrogens with two attached hydrogens (primary N) is 1. The minimum absolute atomic E-state index is 0.0296. The standard InChI is InChI=1S/C25H26N8O4/c1-27-20-6-4-13-3-5-15(7-17(13)31-20)36-11-19-22(34)23(35)24(37-19)18-8-16(14-9-29-32(2)10-14)21-25(26)28-12-30-33(18)21/h3-10,12,19,22-24,34-35H,11H2,1-2H3,(H,27,31)(H2,26,28,30)/t19-,22-,23-,24+/m1/s1. The van der Waals surface area contributed by atoms with Crippen molar-refractivity contribution in [2.75, 3.05) is 24.7 Å². The van der Waals surface area contributed by atoms with Crippen molar-refractivity contribution in [3.05, 3.63) is 60.8 Å². The number of nitrogen functional groups attached to an aromatic ring is 1. The van der Waals surface area contributed by atoms with Crippen molar-refractivity contribution in [3.63, 3.8) is 0 Å². The monoisotopic (exact) mass is 502 g/mol. The molecular formula is C25H26N8O4. The first-order valence-corrected chi connectivity index (χ1v) is 11.8. The maximum atomic E-state index is 10.9. The molecule has 0 saturated carbocycles. The van der Waals surface area contributed by atoms with Crippen LogP contribution in [0.3, 0.4) is 0 Å². The molecule has 37 heavy (non-hydrogen) atoms. The first-order valence-electron chi connectivity index (χ1n) is 11.8. The molecule has 1 aliphatic rings. The number of rotatable bonds is 6. The molecule has 12 nitrogen and oxygen atoms in total. The molecule has 4 atom stereocenters. The highest BCUT2D eigenvalue weighted by molar-refractivity contribution is 5.88. The molecule has 5 aromatic rings. The van der Waals surface area contributed by atoms with E-state index in [9.17, 15) is 10.2 Å². The number of anilines is 2. The summed E-state index contributed by atoms with van der Waals surface area (Å²) in [6.45, 7) is 0.0296. The molecule has 4 aromatic heterocycles. The van der Waals surface area contributed by atoms with Gasteiger partial charge in [0.15, 0.2) is 5.82 Å². The topological polar surface area (TPSA) is 158 Å². The summed E-state index contributed by atoms with van der Waals surface area (Å²) < 4.78 is 15.3. The Balaban J connectivity index is 1.27. The molecular weight excluding hydrogens is 476 g/mol. The largest absolute Gasteiger partial charge is 0.491 e. The summed E-state index contributed by atoms with van der Waals surface area (Å²) in [5.41, 5.74) is 9.63. The van der Waals surface area contributed by atoms with Gasteiger partial charge < -0.3 is 30.7 Å². The predicted octanol–water partition coefficient (Wildman–Crippen LogP) is 1.54. The number of aliphatic hydroxyl groups excluding tert-OH is 2.